The molecule has 3 nitrogen and oxygen atoms in total. The number of nitrogens with zero attached hydrogens (tertiary/aromatic N) is 1. The first kappa shape index (κ1) is 12.7. The molecule has 4 rings (SSSR count). The Bertz CT molecular complexity index is 544. The smallest absolute Gasteiger partial charge is 0.115 e. The van der Waals surface area contributed by atoms with Crippen LogP contribution in [0.1, 0.15) is 49.3 Å². The van der Waals surface area contributed by atoms with Gasteiger partial charge in [0.15, 0.2) is 0 Å². The monoisotopic (exact) mass is 273 g/mol. The van der Waals surface area contributed by atoms with Crippen molar-refractivity contribution in [3.8, 4) is 5.75 Å². The molecule has 1 saturated heterocycles. The van der Waals surface area contributed by atoms with Gasteiger partial charge in [-0.1, -0.05) is 18.9 Å². The van der Waals surface area contributed by atoms with Gasteiger partial charge in [-0.15, -0.1) is 0 Å². The molecule has 2 fully saturated rings. The largest absolute Gasteiger partial charge is 0.508 e. The molecule has 2 bridgehead atoms. The number of aliphatic hydroxyl groups excluding tert-OH is 1. The molecule has 3 heteroatoms. The normalized spacial score (nSPS) is 40.0. The summed E-state index contributed by atoms with van der Waals surface area (Å²) in [7, 11) is 2.15. The number of benzene rings is 1. The molecule has 1 heterocycles. The fraction of sp³-hybridized carbons (Fsp3) is 0.647. The topological polar surface area (TPSA) is 43.7 Å². The molecular formula is C17H23NO2. The lowest BCUT2D eigenvalue weighted by Gasteiger charge is -2.59. The summed E-state index contributed by atoms with van der Waals surface area (Å²) in [6.07, 6.45) is 5.72. The molecule has 1 aromatic rings. The van der Waals surface area contributed by atoms with Crippen LogP contribution in [-0.2, 0) is 5.41 Å². The van der Waals surface area contributed by atoms with E-state index in [1.54, 1.807) is 6.07 Å². The van der Waals surface area contributed by atoms with Crippen molar-refractivity contribution in [2.24, 2.45) is 5.92 Å². The van der Waals surface area contributed by atoms with Gasteiger partial charge in [-0.05, 0) is 62.0 Å². The maximum absolute atomic E-state index is 10.8. The molecule has 4 atom stereocenters. The molecule has 0 spiro atoms. The molecule has 2 aliphatic carbocycles. The summed E-state index contributed by atoms with van der Waals surface area (Å²) in [6, 6.07) is 5.84. The van der Waals surface area contributed by atoms with E-state index in [1.807, 2.05) is 12.1 Å². The summed E-state index contributed by atoms with van der Waals surface area (Å²) in [5.74, 6) is 0.881. The van der Waals surface area contributed by atoms with E-state index < -0.39 is 6.10 Å². The number of fused-ring (bicyclic) bond motifs is 1. The average Bonchev–Trinajstić information content (AvgIpc) is 2.46. The summed E-state index contributed by atoms with van der Waals surface area (Å²) in [5.41, 5.74) is 2.49. The molecule has 20 heavy (non-hydrogen) atoms. The molecule has 2 N–H and O–H groups in total. The van der Waals surface area contributed by atoms with E-state index in [-0.39, 0.29) is 11.5 Å². The molecule has 0 radical (unpaired) electrons. The van der Waals surface area contributed by atoms with E-state index in [1.165, 1.54) is 31.2 Å². The summed E-state index contributed by atoms with van der Waals surface area (Å²) in [6.45, 7) is 1.05. The van der Waals surface area contributed by atoms with Crippen molar-refractivity contribution in [2.45, 2.75) is 49.7 Å². The van der Waals surface area contributed by atoms with Crippen LogP contribution < -0.4 is 0 Å². The number of aromatic hydroxyl groups is 1. The highest BCUT2D eigenvalue weighted by Gasteiger charge is 2.56. The second-order valence-electron chi connectivity index (χ2n) is 6.95. The zero-order chi connectivity index (χ0) is 13.9. The Morgan fingerprint density at radius 1 is 1.25 bits per heavy atom. The third-order valence-electron chi connectivity index (χ3n) is 6.15. The third-order valence-corrected chi connectivity index (χ3v) is 6.15. The zero-order valence-electron chi connectivity index (χ0n) is 12.0. The Labute approximate surface area is 120 Å². The number of phenolic OH excluding ortho intramolecular Hbond substituents is 1. The Hall–Kier alpha value is -1.06. The third kappa shape index (κ3) is 1.48. The van der Waals surface area contributed by atoms with Gasteiger partial charge in [-0.2, -0.15) is 0 Å². The number of likely N-dealkylation sites (N-methyl/N-ethyl adjacent to an activating group) is 1. The van der Waals surface area contributed by atoms with Crippen LogP contribution in [-0.4, -0.2) is 34.7 Å². The molecule has 108 valence electrons. The quantitative estimate of drug-likeness (QED) is 0.763. The van der Waals surface area contributed by atoms with Crippen LogP contribution in [0.25, 0.3) is 0 Å². The van der Waals surface area contributed by atoms with Gasteiger partial charge in [-0.25, -0.2) is 0 Å². The molecule has 1 aliphatic heterocycles. The lowest BCUT2D eigenvalue weighted by atomic mass is 9.52. The predicted octanol–water partition coefficient (Wildman–Crippen LogP) is 2.57. The van der Waals surface area contributed by atoms with E-state index in [0.717, 1.165) is 18.5 Å². The minimum atomic E-state index is -0.410. The molecular weight excluding hydrogens is 250 g/mol. The number of rotatable bonds is 0. The molecule has 0 unspecified atom stereocenters. The van der Waals surface area contributed by atoms with Crippen LogP contribution in [0.3, 0.4) is 0 Å². The first-order valence-electron chi connectivity index (χ1n) is 7.85. The number of hydrogen-bond acceptors (Lipinski definition) is 3. The first-order valence-corrected chi connectivity index (χ1v) is 7.85. The number of likely N-dealkylation sites (tertiary alicyclic amines) is 1. The Kier molecular flexibility index (Phi) is 2.67. The van der Waals surface area contributed by atoms with Crippen molar-refractivity contribution in [3.63, 3.8) is 0 Å². The second kappa shape index (κ2) is 4.22. The summed E-state index contributed by atoms with van der Waals surface area (Å²) in [4.78, 5) is 2.36. The number of hydrogen-bond donors (Lipinski definition) is 2. The Morgan fingerprint density at radius 3 is 2.95 bits per heavy atom. The van der Waals surface area contributed by atoms with Crippen molar-refractivity contribution in [1.82, 2.24) is 4.90 Å². The summed E-state index contributed by atoms with van der Waals surface area (Å²) >= 11 is 0. The highest BCUT2D eigenvalue weighted by molar-refractivity contribution is 5.46. The molecule has 0 amide bonds. The van der Waals surface area contributed by atoms with Gasteiger partial charge < -0.3 is 15.1 Å². The Morgan fingerprint density at radius 2 is 2.10 bits per heavy atom. The molecule has 0 aromatic heterocycles. The average molecular weight is 273 g/mol. The first-order chi connectivity index (χ1) is 9.63. The zero-order valence-corrected chi connectivity index (χ0v) is 12.0. The molecule has 1 saturated carbocycles. The van der Waals surface area contributed by atoms with Gasteiger partial charge >= 0.3 is 0 Å². The van der Waals surface area contributed by atoms with Crippen molar-refractivity contribution < 1.29 is 10.2 Å². The number of phenols is 1. The van der Waals surface area contributed by atoms with Gasteiger partial charge in [0.05, 0.1) is 6.10 Å². The minimum Gasteiger partial charge on any atom is -0.508 e. The summed E-state index contributed by atoms with van der Waals surface area (Å²) in [5, 5.41) is 20.8. The fourth-order valence-corrected chi connectivity index (χ4v) is 5.25. The van der Waals surface area contributed by atoms with E-state index in [0.29, 0.717) is 11.7 Å². The fourth-order valence-electron chi connectivity index (χ4n) is 5.25. The lowest BCUT2D eigenvalue weighted by molar-refractivity contribution is -0.0680. The second-order valence-corrected chi connectivity index (χ2v) is 6.95. The highest BCUT2D eigenvalue weighted by atomic mass is 16.3. The van der Waals surface area contributed by atoms with Crippen LogP contribution >= 0.6 is 0 Å². The van der Waals surface area contributed by atoms with Gasteiger partial charge in [0, 0.05) is 11.5 Å². The van der Waals surface area contributed by atoms with Gasteiger partial charge in [-0.3, -0.25) is 0 Å². The van der Waals surface area contributed by atoms with Crippen LogP contribution in [0.5, 0.6) is 5.75 Å². The van der Waals surface area contributed by atoms with Gasteiger partial charge in [0.2, 0.25) is 0 Å². The molecule has 3 aliphatic rings. The maximum atomic E-state index is 10.8. The van der Waals surface area contributed by atoms with Crippen LogP contribution in [0.2, 0.25) is 0 Å². The summed E-state index contributed by atoms with van der Waals surface area (Å²) < 4.78 is 0. The number of aliphatic hydroxyl groups is 1. The lowest BCUT2D eigenvalue weighted by Crippen LogP contribution is -2.61. The number of piperidine rings is 1. The minimum absolute atomic E-state index is 0.197. The van der Waals surface area contributed by atoms with E-state index in [2.05, 4.69) is 11.9 Å². The van der Waals surface area contributed by atoms with Gasteiger partial charge in [0.25, 0.3) is 0 Å². The van der Waals surface area contributed by atoms with Crippen LogP contribution in [0.15, 0.2) is 18.2 Å². The SMILES string of the molecule is CN1CC[C@]23CCCC[C@@H]2[C@H]1[C@H](O)c1ccc(O)cc13. The standard InChI is InChI=1S/C17H23NO2/c1-18-9-8-17-7-3-2-4-13(17)15(18)16(20)12-6-5-11(19)10-14(12)17/h5-6,10,13,15-16,19-20H,2-4,7-9H2,1H3/t13-,15+,16-,17-/m1/s1. The van der Waals surface area contributed by atoms with Gasteiger partial charge in [0.1, 0.15) is 5.75 Å². The maximum Gasteiger partial charge on any atom is 0.115 e. The van der Waals surface area contributed by atoms with E-state index in [9.17, 15) is 10.2 Å². The van der Waals surface area contributed by atoms with E-state index >= 15 is 0 Å². The predicted molar refractivity (Wildman–Crippen MR) is 77.7 cm³/mol. The van der Waals surface area contributed by atoms with Crippen molar-refractivity contribution in [2.75, 3.05) is 13.6 Å². The highest BCUT2D eigenvalue weighted by Crippen LogP contribution is 2.58. The van der Waals surface area contributed by atoms with Crippen molar-refractivity contribution in [1.29, 1.82) is 0 Å². The van der Waals surface area contributed by atoms with Crippen LogP contribution in [0, 0.1) is 5.92 Å². The van der Waals surface area contributed by atoms with E-state index in [4.69, 9.17) is 0 Å². The van der Waals surface area contributed by atoms with Crippen molar-refractivity contribution >= 4 is 0 Å². The Balaban J connectivity index is 1.95. The molecule has 1 aromatic carbocycles. The van der Waals surface area contributed by atoms with Crippen LogP contribution in [0.4, 0.5) is 0 Å². The van der Waals surface area contributed by atoms with Crippen molar-refractivity contribution in [3.05, 3.63) is 29.3 Å².